The minimum absolute atomic E-state index is 0.146. The average molecular weight is 242 g/mol. The van der Waals surface area contributed by atoms with Crippen molar-refractivity contribution in [2.24, 2.45) is 0 Å². The molecule has 0 aliphatic heterocycles. The van der Waals surface area contributed by atoms with Gasteiger partial charge < -0.3 is 14.0 Å². The maximum absolute atomic E-state index is 11.3. The molecule has 1 aromatic heterocycles. The minimum atomic E-state index is -0.573. The number of nitrogens with zero attached hydrogens (tertiary/aromatic N) is 1. The minimum Gasteiger partial charge on any atom is -0.447 e. The van der Waals surface area contributed by atoms with E-state index in [1.807, 2.05) is 20.8 Å². The van der Waals surface area contributed by atoms with Crippen LogP contribution in [0, 0.1) is 0 Å². The lowest BCUT2D eigenvalue weighted by Crippen LogP contribution is -2.16. The van der Waals surface area contributed by atoms with E-state index in [2.05, 4.69) is 10.5 Å². The Labute approximate surface area is 100 Å². The van der Waals surface area contributed by atoms with Crippen molar-refractivity contribution in [2.75, 3.05) is 25.6 Å². The molecule has 1 N–H and O–H groups in total. The van der Waals surface area contributed by atoms with Gasteiger partial charge >= 0.3 is 6.09 Å². The Hall–Kier alpha value is -1.56. The molecule has 1 aromatic rings. The Morgan fingerprint density at radius 2 is 2.18 bits per heavy atom. The molecule has 96 valence electrons. The second-order valence-electron chi connectivity index (χ2n) is 4.58. The molecule has 6 nitrogen and oxygen atoms in total. The number of hydrogen-bond acceptors (Lipinski definition) is 5. The van der Waals surface area contributed by atoms with Gasteiger partial charge in [0.25, 0.3) is 0 Å². The summed E-state index contributed by atoms with van der Waals surface area (Å²) in [6.45, 7) is 6.54. The average Bonchev–Trinajstić information content (AvgIpc) is 2.66. The van der Waals surface area contributed by atoms with Crippen LogP contribution in [0.5, 0.6) is 0 Å². The van der Waals surface area contributed by atoms with Crippen LogP contribution in [-0.2, 0) is 14.9 Å². The Bertz CT molecular complexity index is 368. The first kappa shape index (κ1) is 13.5. The SMILES string of the molecule is COCCOC(=O)Nc1cc(C(C)(C)C)on1. The molecule has 17 heavy (non-hydrogen) atoms. The Morgan fingerprint density at radius 3 is 2.71 bits per heavy atom. The van der Waals surface area contributed by atoms with Crippen LogP contribution in [0.2, 0.25) is 0 Å². The van der Waals surface area contributed by atoms with Gasteiger partial charge in [-0.15, -0.1) is 0 Å². The largest absolute Gasteiger partial charge is 0.447 e. The van der Waals surface area contributed by atoms with Gasteiger partial charge in [0.05, 0.1) is 6.61 Å². The third kappa shape index (κ3) is 4.44. The summed E-state index contributed by atoms with van der Waals surface area (Å²) in [5.74, 6) is 1.04. The number of nitrogens with one attached hydrogen (secondary N) is 1. The van der Waals surface area contributed by atoms with Gasteiger partial charge in [0.1, 0.15) is 12.4 Å². The topological polar surface area (TPSA) is 73.6 Å². The fraction of sp³-hybridized carbons (Fsp3) is 0.636. The van der Waals surface area contributed by atoms with E-state index in [4.69, 9.17) is 14.0 Å². The summed E-state index contributed by atoms with van der Waals surface area (Å²) >= 11 is 0. The lowest BCUT2D eigenvalue weighted by molar-refractivity contribution is 0.107. The number of hydrogen-bond donors (Lipinski definition) is 1. The van der Waals surface area contributed by atoms with Crippen LogP contribution >= 0.6 is 0 Å². The van der Waals surface area contributed by atoms with Crippen molar-refractivity contribution in [2.45, 2.75) is 26.2 Å². The van der Waals surface area contributed by atoms with E-state index in [0.717, 1.165) is 0 Å². The lowest BCUT2D eigenvalue weighted by Gasteiger charge is -2.12. The zero-order chi connectivity index (χ0) is 12.9. The highest BCUT2D eigenvalue weighted by Gasteiger charge is 2.20. The van der Waals surface area contributed by atoms with E-state index in [9.17, 15) is 4.79 Å². The molecule has 0 unspecified atom stereocenters. The maximum Gasteiger partial charge on any atom is 0.412 e. The molecule has 0 bridgehead atoms. The van der Waals surface area contributed by atoms with Crippen LogP contribution < -0.4 is 5.32 Å². The normalized spacial score (nSPS) is 11.3. The third-order valence-corrected chi connectivity index (χ3v) is 2.00. The number of carbonyl (C=O) groups excluding carboxylic acids is 1. The van der Waals surface area contributed by atoms with Gasteiger partial charge in [0.2, 0.25) is 0 Å². The van der Waals surface area contributed by atoms with Crippen LogP contribution in [-0.4, -0.2) is 31.6 Å². The molecule has 0 aromatic carbocycles. The molecule has 1 rings (SSSR count). The molecular weight excluding hydrogens is 224 g/mol. The second-order valence-corrected chi connectivity index (χ2v) is 4.58. The molecule has 0 saturated heterocycles. The molecule has 0 spiro atoms. The van der Waals surface area contributed by atoms with Crippen molar-refractivity contribution < 1.29 is 18.8 Å². The van der Waals surface area contributed by atoms with Gasteiger partial charge in [-0.3, -0.25) is 5.32 Å². The summed E-state index contributed by atoms with van der Waals surface area (Å²) in [7, 11) is 1.54. The van der Waals surface area contributed by atoms with Crippen molar-refractivity contribution in [1.82, 2.24) is 5.16 Å². The van der Waals surface area contributed by atoms with Gasteiger partial charge in [-0.2, -0.15) is 0 Å². The number of methoxy groups -OCH3 is 1. The number of anilines is 1. The molecule has 0 atom stereocenters. The monoisotopic (exact) mass is 242 g/mol. The first-order chi connectivity index (χ1) is 7.93. The number of rotatable bonds is 4. The van der Waals surface area contributed by atoms with Crippen molar-refractivity contribution >= 4 is 11.9 Å². The standard InChI is InChI=1S/C11H18N2O4/c1-11(2,3)8-7-9(13-17-8)12-10(14)16-6-5-15-4/h7H,5-6H2,1-4H3,(H,12,13,14). The highest BCUT2D eigenvalue weighted by molar-refractivity contribution is 5.83. The van der Waals surface area contributed by atoms with Crippen LogP contribution in [0.1, 0.15) is 26.5 Å². The van der Waals surface area contributed by atoms with Gasteiger partial charge in [0.15, 0.2) is 5.82 Å². The summed E-state index contributed by atoms with van der Waals surface area (Å²) < 4.78 is 14.7. The molecule has 6 heteroatoms. The smallest absolute Gasteiger partial charge is 0.412 e. The fourth-order valence-corrected chi connectivity index (χ4v) is 1.05. The van der Waals surface area contributed by atoms with Gasteiger partial charge in [0, 0.05) is 18.6 Å². The number of aromatic nitrogens is 1. The molecule has 0 saturated carbocycles. The van der Waals surface area contributed by atoms with E-state index >= 15 is 0 Å². The highest BCUT2D eigenvalue weighted by Crippen LogP contribution is 2.24. The van der Waals surface area contributed by atoms with E-state index in [-0.39, 0.29) is 12.0 Å². The van der Waals surface area contributed by atoms with Crippen LogP contribution in [0.25, 0.3) is 0 Å². The van der Waals surface area contributed by atoms with Crippen LogP contribution in [0.3, 0.4) is 0 Å². The summed E-state index contributed by atoms with van der Waals surface area (Å²) in [4.78, 5) is 11.3. The Kier molecular flexibility index (Phi) is 4.51. The number of carbonyl (C=O) groups is 1. The van der Waals surface area contributed by atoms with Crippen molar-refractivity contribution in [3.63, 3.8) is 0 Å². The Morgan fingerprint density at radius 1 is 1.47 bits per heavy atom. The zero-order valence-electron chi connectivity index (χ0n) is 10.6. The summed E-state index contributed by atoms with van der Waals surface area (Å²) in [5.41, 5.74) is -0.146. The van der Waals surface area contributed by atoms with Gasteiger partial charge in [-0.1, -0.05) is 25.9 Å². The van der Waals surface area contributed by atoms with Gasteiger partial charge in [-0.05, 0) is 0 Å². The second kappa shape index (κ2) is 5.67. The molecular formula is C11H18N2O4. The Balaban J connectivity index is 2.46. The first-order valence-corrected chi connectivity index (χ1v) is 5.33. The lowest BCUT2D eigenvalue weighted by atomic mass is 9.93. The molecule has 0 radical (unpaired) electrons. The highest BCUT2D eigenvalue weighted by atomic mass is 16.6. The molecule has 0 aliphatic rings. The quantitative estimate of drug-likeness (QED) is 0.819. The fourth-order valence-electron chi connectivity index (χ4n) is 1.05. The first-order valence-electron chi connectivity index (χ1n) is 5.33. The van der Waals surface area contributed by atoms with E-state index in [0.29, 0.717) is 18.2 Å². The van der Waals surface area contributed by atoms with Crippen LogP contribution in [0.4, 0.5) is 10.6 Å². The molecule has 1 amide bonds. The summed E-state index contributed by atoms with van der Waals surface area (Å²) in [6.07, 6.45) is -0.573. The predicted octanol–water partition coefficient (Wildman–Crippen LogP) is 2.17. The molecule has 0 aliphatic carbocycles. The van der Waals surface area contributed by atoms with Gasteiger partial charge in [-0.25, -0.2) is 4.79 Å². The predicted molar refractivity (Wildman–Crippen MR) is 62.0 cm³/mol. The van der Waals surface area contributed by atoms with Crippen molar-refractivity contribution in [3.8, 4) is 0 Å². The van der Waals surface area contributed by atoms with Crippen LogP contribution in [0.15, 0.2) is 10.6 Å². The van der Waals surface area contributed by atoms with Crippen molar-refractivity contribution in [3.05, 3.63) is 11.8 Å². The molecule has 1 heterocycles. The number of amides is 1. The van der Waals surface area contributed by atoms with Crippen molar-refractivity contribution in [1.29, 1.82) is 0 Å². The summed E-state index contributed by atoms with van der Waals surface area (Å²) in [5, 5.41) is 6.20. The maximum atomic E-state index is 11.3. The number of ether oxygens (including phenoxy) is 2. The van der Waals surface area contributed by atoms with E-state index < -0.39 is 6.09 Å². The zero-order valence-corrected chi connectivity index (χ0v) is 10.6. The molecule has 0 fully saturated rings. The van der Waals surface area contributed by atoms with E-state index in [1.165, 1.54) is 7.11 Å². The third-order valence-electron chi connectivity index (χ3n) is 2.00. The summed E-state index contributed by atoms with van der Waals surface area (Å²) in [6, 6.07) is 1.68. The van der Waals surface area contributed by atoms with E-state index in [1.54, 1.807) is 6.07 Å².